The van der Waals surface area contributed by atoms with Crippen molar-refractivity contribution in [3.8, 4) is 6.07 Å². The second kappa shape index (κ2) is 5.95. The van der Waals surface area contributed by atoms with Gasteiger partial charge < -0.3 is 4.74 Å². The molecule has 1 aromatic carbocycles. The molecule has 0 bridgehead atoms. The molecule has 2 nitrogen and oxygen atoms in total. The van der Waals surface area contributed by atoms with Gasteiger partial charge in [0.1, 0.15) is 0 Å². The summed E-state index contributed by atoms with van der Waals surface area (Å²) < 4.78 is 5.01. The standard InChI is InChI=1S/C12H13NO/c1-14-10-12-7-5-11(6-8-12)4-2-3-9-13/h2,4-8H,3,10H2,1H3. The Kier molecular flexibility index (Phi) is 4.46. The van der Waals surface area contributed by atoms with E-state index < -0.39 is 0 Å². The molecule has 1 rings (SSSR count). The minimum absolute atomic E-state index is 0.458. The van der Waals surface area contributed by atoms with Crippen molar-refractivity contribution in [3.63, 3.8) is 0 Å². The summed E-state index contributed by atoms with van der Waals surface area (Å²) in [5, 5.41) is 8.34. The predicted octanol–water partition coefficient (Wildman–Crippen LogP) is 2.76. The third-order valence-corrected chi connectivity index (χ3v) is 1.81. The Morgan fingerprint density at radius 1 is 1.36 bits per heavy atom. The van der Waals surface area contributed by atoms with E-state index in [1.165, 1.54) is 0 Å². The zero-order valence-corrected chi connectivity index (χ0v) is 8.23. The van der Waals surface area contributed by atoms with Crippen molar-refractivity contribution in [1.82, 2.24) is 0 Å². The Hall–Kier alpha value is -1.59. The van der Waals surface area contributed by atoms with Crippen molar-refractivity contribution in [2.24, 2.45) is 0 Å². The molecule has 2 heteroatoms. The smallest absolute Gasteiger partial charge is 0.0713 e. The van der Waals surface area contributed by atoms with Crippen LogP contribution in [0.5, 0.6) is 0 Å². The fourth-order valence-electron chi connectivity index (χ4n) is 1.14. The lowest BCUT2D eigenvalue weighted by molar-refractivity contribution is 0.185. The quantitative estimate of drug-likeness (QED) is 0.726. The van der Waals surface area contributed by atoms with Gasteiger partial charge in [0, 0.05) is 7.11 Å². The maximum Gasteiger partial charge on any atom is 0.0713 e. The van der Waals surface area contributed by atoms with Gasteiger partial charge in [0.25, 0.3) is 0 Å². The molecule has 0 N–H and O–H groups in total. The molecule has 0 saturated heterocycles. The van der Waals surface area contributed by atoms with Crippen LogP contribution in [0.4, 0.5) is 0 Å². The Morgan fingerprint density at radius 2 is 2.07 bits per heavy atom. The fraction of sp³-hybridized carbons (Fsp3) is 0.250. The monoisotopic (exact) mass is 187 g/mol. The molecule has 0 saturated carbocycles. The lowest BCUT2D eigenvalue weighted by atomic mass is 10.1. The zero-order chi connectivity index (χ0) is 10.2. The van der Waals surface area contributed by atoms with Crippen LogP contribution in [-0.2, 0) is 11.3 Å². The average Bonchev–Trinajstić information content (AvgIpc) is 2.21. The summed E-state index contributed by atoms with van der Waals surface area (Å²) in [6.07, 6.45) is 4.25. The van der Waals surface area contributed by atoms with Gasteiger partial charge in [-0.05, 0) is 11.1 Å². The zero-order valence-electron chi connectivity index (χ0n) is 8.23. The lowest BCUT2D eigenvalue weighted by Crippen LogP contribution is -1.86. The first-order valence-corrected chi connectivity index (χ1v) is 4.48. The number of allylic oxidation sites excluding steroid dienone is 1. The summed E-state index contributed by atoms with van der Waals surface area (Å²) in [4.78, 5) is 0. The maximum absolute atomic E-state index is 8.34. The van der Waals surface area contributed by atoms with Gasteiger partial charge in [-0.3, -0.25) is 0 Å². The van der Waals surface area contributed by atoms with Gasteiger partial charge in [0.15, 0.2) is 0 Å². The van der Waals surface area contributed by atoms with E-state index in [2.05, 4.69) is 6.07 Å². The Labute approximate surface area is 84.4 Å². The summed E-state index contributed by atoms with van der Waals surface area (Å²) in [5.41, 5.74) is 2.27. The molecule has 0 radical (unpaired) electrons. The molecule has 72 valence electrons. The van der Waals surface area contributed by atoms with Crippen LogP contribution >= 0.6 is 0 Å². The van der Waals surface area contributed by atoms with Crippen molar-refractivity contribution in [2.75, 3.05) is 7.11 Å². The van der Waals surface area contributed by atoms with Crippen LogP contribution in [0.15, 0.2) is 30.3 Å². The average molecular weight is 187 g/mol. The molecule has 0 aliphatic carbocycles. The van der Waals surface area contributed by atoms with Crippen LogP contribution in [0.3, 0.4) is 0 Å². The van der Waals surface area contributed by atoms with E-state index in [1.807, 2.05) is 36.4 Å². The predicted molar refractivity (Wildman–Crippen MR) is 56.4 cm³/mol. The second-order valence-corrected chi connectivity index (χ2v) is 2.94. The van der Waals surface area contributed by atoms with Gasteiger partial charge in [0.05, 0.1) is 19.1 Å². The Balaban J connectivity index is 2.60. The van der Waals surface area contributed by atoms with Crippen LogP contribution in [0, 0.1) is 11.3 Å². The number of methoxy groups -OCH3 is 1. The summed E-state index contributed by atoms with van der Waals surface area (Å²) in [6.45, 7) is 0.641. The van der Waals surface area contributed by atoms with Gasteiger partial charge in [0.2, 0.25) is 0 Å². The van der Waals surface area contributed by atoms with E-state index in [-0.39, 0.29) is 0 Å². The summed E-state index contributed by atoms with van der Waals surface area (Å²) >= 11 is 0. The van der Waals surface area contributed by atoms with Crippen LogP contribution in [-0.4, -0.2) is 7.11 Å². The van der Waals surface area contributed by atoms with Gasteiger partial charge in [-0.25, -0.2) is 0 Å². The highest BCUT2D eigenvalue weighted by molar-refractivity contribution is 5.49. The molecular formula is C12H13NO. The molecule has 0 spiro atoms. The number of nitriles is 1. The number of rotatable bonds is 4. The second-order valence-electron chi connectivity index (χ2n) is 2.94. The van der Waals surface area contributed by atoms with Gasteiger partial charge in [-0.2, -0.15) is 5.26 Å². The van der Waals surface area contributed by atoms with Crippen molar-refractivity contribution in [2.45, 2.75) is 13.0 Å². The molecule has 0 aliphatic rings. The SMILES string of the molecule is COCc1ccc(C=CCC#N)cc1. The topological polar surface area (TPSA) is 33.0 Å². The first-order chi connectivity index (χ1) is 6.86. The first kappa shape index (κ1) is 10.5. The molecule has 1 aromatic rings. The summed E-state index contributed by atoms with van der Waals surface area (Å²) in [5.74, 6) is 0. The highest BCUT2D eigenvalue weighted by Crippen LogP contribution is 2.07. The van der Waals surface area contributed by atoms with Crippen LogP contribution in [0.1, 0.15) is 17.5 Å². The number of hydrogen-bond acceptors (Lipinski definition) is 2. The summed E-state index contributed by atoms with van der Waals surface area (Å²) in [6, 6.07) is 10.1. The number of ether oxygens (including phenoxy) is 1. The van der Waals surface area contributed by atoms with E-state index in [9.17, 15) is 0 Å². The van der Waals surface area contributed by atoms with E-state index in [0.717, 1.165) is 11.1 Å². The van der Waals surface area contributed by atoms with E-state index in [1.54, 1.807) is 7.11 Å². The lowest BCUT2D eigenvalue weighted by Gasteiger charge is -1.99. The van der Waals surface area contributed by atoms with E-state index in [0.29, 0.717) is 13.0 Å². The highest BCUT2D eigenvalue weighted by Gasteiger charge is 1.90. The minimum Gasteiger partial charge on any atom is -0.380 e. The van der Waals surface area contributed by atoms with Crippen LogP contribution in [0.25, 0.3) is 6.08 Å². The fourth-order valence-corrected chi connectivity index (χ4v) is 1.14. The Morgan fingerprint density at radius 3 is 2.64 bits per heavy atom. The molecule has 0 aliphatic heterocycles. The third-order valence-electron chi connectivity index (χ3n) is 1.81. The molecule has 14 heavy (non-hydrogen) atoms. The Bertz CT molecular complexity index is 332. The van der Waals surface area contributed by atoms with Crippen molar-refractivity contribution in [1.29, 1.82) is 5.26 Å². The number of hydrogen-bond donors (Lipinski definition) is 0. The van der Waals surface area contributed by atoms with Crippen LogP contribution < -0.4 is 0 Å². The van der Waals surface area contributed by atoms with Gasteiger partial charge >= 0.3 is 0 Å². The molecule has 0 unspecified atom stereocenters. The molecule has 0 amide bonds. The van der Waals surface area contributed by atoms with E-state index >= 15 is 0 Å². The normalized spacial score (nSPS) is 10.3. The molecule has 0 fully saturated rings. The van der Waals surface area contributed by atoms with Crippen LogP contribution in [0.2, 0.25) is 0 Å². The molecular weight excluding hydrogens is 174 g/mol. The van der Waals surface area contributed by atoms with Crippen molar-refractivity contribution in [3.05, 3.63) is 41.5 Å². The van der Waals surface area contributed by atoms with Crippen molar-refractivity contribution >= 4 is 6.08 Å². The van der Waals surface area contributed by atoms with Crippen molar-refractivity contribution < 1.29 is 4.74 Å². The molecule has 0 heterocycles. The maximum atomic E-state index is 8.34. The first-order valence-electron chi connectivity index (χ1n) is 4.48. The van der Waals surface area contributed by atoms with E-state index in [4.69, 9.17) is 10.00 Å². The largest absolute Gasteiger partial charge is 0.380 e. The van der Waals surface area contributed by atoms with Gasteiger partial charge in [-0.1, -0.05) is 36.4 Å². The number of nitrogens with zero attached hydrogens (tertiary/aromatic N) is 1. The third kappa shape index (κ3) is 3.42. The molecule has 0 atom stereocenters. The molecule has 0 aromatic heterocycles. The van der Waals surface area contributed by atoms with Gasteiger partial charge in [-0.15, -0.1) is 0 Å². The summed E-state index contributed by atoms with van der Waals surface area (Å²) in [7, 11) is 1.68. The number of benzene rings is 1. The minimum atomic E-state index is 0.458. The highest BCUT2D eigenvalue weighted by atomic mass is 16.5.